The lowest BCUT2D eigenvalue weighted by atomic mass is 9.92. The topological polar surface area (TPSA) is 41.9 Å². The highest BCUT2D eigenvalue weighted by atomic mass is 15.2. The minimum Gasteiger partial charge on any atom is -0.356 e. The molecular weight excluding hydrogens is 200 g/mol. The SMILES string of the molecule is CN(c1ncnc2ncccc12)C1CCC1. The van der Waals surface area contributed by atoms with Crippen LogP contribution in [0.1, 0.15) is 19.3 Å². The molecule has 4 heteroatoms. The van der Waals surface area contributed by atoms with Crippen LogP contribution >= 0.6 is 0 Å². The molecule has 0 spiro atoms. The zero-order valence-electron chi connectivity index (χ0n) is 9.30. The molecule has 1 saturated carbocycles. The van der Waals surface area contributed by atoms with Gasteiger partial charge in [-0.3, -0.25) is 0 Å². The second-order valence-electron chi connectivity index (χ2n) is 4.27. The summed E-state index contributed by atoms with van der Waals surface area (Å²) in [5, 5.41) is 1.04. The van der Waals surface area contributed by atoms with Crippen LogP contribution in [0.25, 0.3) is 11.0 Å². The predicted octanol–water partition coefficient (Wildman–Crippen LogP) is 2.01. The van der Waals surface area contributed by atoms with Crippen molar-refractivity contribution < 1.29 is 0 Å². The van der Waals surface area contributed by atoms with Crippen LogP contribution in [-0.2, 0) is 0 Å². The first kappa shape index (κ1) is 9.51. The Hall–Kier alpha value is -1.71. The molecule has 2 aromatic rings. The first-order valence-electron chi connectivity index (χ1n) is 5.65. The number of hydrogen-bond donors (Lipinski definition) is 0. The second kappa shape index (κ2) is 3.70. The van der Waals surface area contributed by atoms with Crippen LogP contribution in [-0.4, -0.2) is 28.0 Å². The lowest BCUT2D eigenvalue weighted by molar-refractivity contribution is 0.400. The normalized spacial score (nSPS) is 16.1. The maximum Gasteiger partial charge on any atom is 0.164 e. The van der Waals surface area contributed by atoms with E-state index in [-0.39, 0.29) is 0 Å². The van der Waals surface area contributed by atoms with Crippen molar-refractivity contribution in [3.05, 3.63) is 24.7 Å². The van der Waals surface area contributed by atoms with E-state index in [1.54, 1.807) is 12.5 Å². The predicted molar refractivity (Wildman–Crippen MR) is 63.4 cm³/mol. The van der Waals surface area contributed by atoms with Gasteiger partial charge in [-0.2, -0.15) is 0 Å². The van der Waals surface area contributed by atoms with Gasteiger partial charge in [0.15, 0.2) is 5.65 Å². The van der Waals surface area contributed by atoms with E-state index in [0.717, 1.165) is 16.9 Å². The van der Waals surface area contributed by atoms with Gasteiger partial charge in [0.25, 0.3) is 0 Å². The van der Waals surface area contributed by atoms with Crippen molar-refractivity contribution in [3.63, 3.8) is 0 Å². The monoisotopic (exact) mass is 214 g/mol. The number of hydrogen-bond acceptors (Lipinski definition) is 4. The van der Waals surface area contributed by atoms with Crippen LogP contribution in [0.5, 0.6) is 0 Å². The van der Waals surface area contributed by atoms with Gasteiger partial charge in [-0.1, -0.05) is 0 Å². The van der Waals surface area contributed by atoms with Crippen LogP contribution in [0.3, 0.4) is 0 Å². The highest BCUT2D eigenvalue weighted by molar-refractivity contribution is 5.86. The van der Waals surface area contributed by atoms with Crippen LogP contribution in [0.4, 0.5) is 5.82 Å². The summed E-state index contributed by atoms with van der Waals surface area (Å²) < 4.78 is 0. The average molecular weight is 214 g/mol. The van der Waals surface area contributed by atoms with Gasteiger partial charge in [0.05, 0.1) is 5.39 Å². The van der Waals surface area contributed by atoms with E-state index in [4.69, 9.17) is 0 Å². The molecule has 0 bridgehead atoms. The van der Waals surface area contributed by atoms with E-state index in [1.807, 2.05) is 12.1 Å². The average Bonchev–Trinajstić information content (AvgIpc) is 2.26. The molecule has 1 aliphatic rings. The van der Waals surface area contributed by atoms with Crippen LogP contribution < -0.4 is 4.90 Å². The standard InChI is InChI=1S/C12H14N4/c1-16(9-4-2-5-9)12-10-6-3-7-13-11(10)14-8-15-12/h3,6-9H,2,4-5H2,1H3. The molecule has 0 amide bonds. The Bertz CT molecular complexity index is 502. The van der Waals surface area contributed by atoms with E-state index in [1.165, 1.54) is 19.3 Å². The molecule has 2 heterocycles. The van der Waals surface area contributed by atoms with Crippen molar-refractivity contribution in [1.29, 1.82) is 0 Å². The lowest BCUT2D eigenvalue weighted by Gasteiger charge is -2.35. The molecule has 0 aliphatic heterocycles. The molecule has 0 unspecified atom stereocenters. The third kappa shape index (κ3) is 1.41. The van der Waals surface area contributed by atoms with Gasteiger partial charge in [-0.05, 0) is 31.4 Å². The maximum absolute atomic E-state index is 4.38. The highest BCUT2D eigenvalue weighted by Gasteiger charge is 2.24. The summed E-state index contributed by atoms with van der Waals surface area (Å²) in [7, 11) is 2.11. The molecule has 1 aliphatic carbocycles. The number of fused-ring (bicyclic) bond motifs is 1. The molecule has 0 N–H and O–H groups in total. The summed E-state index contributed by atoms with van der Waals surface area (Å²) in [6.07, 6.45) is 7.23. The van der Waals surface area contributed by atoms with E-state index >= 15 is 0 Å². The van der Waals surface area contributed by atoms with Gasteiger partial charge >= 0.3 is 0 Å². The first-order chi connectivity index (χ1) is 7.86. The molecule has 0 aromatic carbocycles. The summed E-state index contributed by atoms with van der Waals surface area (Å²) in [6.45, 7) is 0. The maximum atomic E-state index is 4.38. The van der Waals surface area contributed by atoms with Gasteiger partial charge in [0, 0.05) is 19.3 Å². The van der Waals surface area contributed by atoms with Crippen LogP contribution in [0.2, 0.25) is 0 Å². The zero-order valence-corrected chi connectivity index (χ0v) is 9.30. The molecule has 16 heavy (non-hydrogen) atoms. The van der Waals surface area contributed by atoms with Gasteiger partial charge in [0.2, 0.25) is 0 Å². The fraction of sp³-hybridized carbons (Fsp3) is 0.417. The molecule has 4 nitrogen and oxygen atoms in total. The lowest BCUT2D eigenvalue weighted by Crippen LogP contribution is -2.37. The molecule has 0 atom stereocenters. The number of anilines is 1. The Morgan fingerprint density at radius 1 is 1.25 bits per heavy atom. The van der Waals surface area contributed by atoms with Crippen molar-refractivity contribution in [3.8, 4) is 0 Å². The van der Waals surface area contributed by atoms with Gasteiger partial charge in [-0.25, -0.2) is 15.0 Å². The molecular formula is C12H14N4. The number of nitrogens with zero attached hydrogens (tertiary/aromatic N) is 4. The van der Waals surface area contributed by atoms with Crippen molar-refractivity contribution in [2.45, 2.75) is 25.3 Å². The van der Waals surface area contributed by atoms with E-state index in [2.05, 4.69) is 26.9 Å². The minimum absolute atomic E-state index is 0.637. The van der Waals surface area contributed by atoms with Crippen LogP contribution in [0.15, 0.2) is 24.7 Å². The third-order valence-corrected chi connectivity index (χ3v) is 3.34. The fourth-order valence-electron chi connectivity index (χ4n) is 2.11. The Morgan fingerprint density at radius 3 is 2.88 bits per heavy atom. The van der Waals surface area contributed by atoms with Gasteiger partial charge in [0.1, 0.15) is 12.1 Å². The third-order valence-electron chi connectivity index (χ3n) is 3.34. The Morgan fingerprint density at radius 2 is 2.12 bits per heavy atom. The van der Waals surface area contributed by atoms with Crippen molar-refractivity contribution >= 4 is 16.9 Å². The number of rotatable bonds is 2. The Kier molecular flexibility index (Phi) is 2.20. The molecule has 1 fully saturated rings. The Labute approximate surface area is 94.4 Å². The van der Waals surface area contributed by atoms with E-state index in [0.29, 0.717) is 6.04 Å². The summed E-state index contributed by atoms with van der Waals surface area (Å²) in [6, 6.07) is 4.61. The van der Waals surface area contributed by atoms with Crippen molar-refractivity contribution in [1.82, 2.24) is 15.0 Å². The number of pyridine rings is 1. The first-order valence-corrected chi connectivity index (χ1v) is 5.65. The smallest absolute Gasteiger partial charge is 0.164 e. The van der Waals surface area contributed by atoms with Crippen LogP contribution in [0, 0.1) is 0 Å². The fourth-order valence-corrected chi connectivity index (χ4v) is 2.11. The van der Waals surface area contributed by atoms with E-state index < -0.39 is 0 Å². The molecule has 2 aromatic heterocycles. The number of aromatic nitrogens is 3. The molecule has 0 radical (unpaired) electrons. The zero-order chi connectivity index (χ0) is 11.0. The van der Waals surface area contributed by atoms with Crippen molar-refractivity contribution in [2.75, 3.05) is 11.9 Å². The largest absolute Gasteiger partial charge is 0.356 e. The molecule has 3 rings (SSSR count). The quantitative estimate of drug-likeness (QED) is 0.767. The van der Waals surface area contributed by atoms with Gasteiger partial charge in [-0.15, -0.1) is 0 Å². The summed E-state index contributed by atoms with van der Waals surface area (Å²) in [4.78, 5) is 15.1. The summed E-state index contributed by atoms with van der Waals surface area (Å²) in [5.74, 6) is 1.00. The van der Waals surface area contributed by atoms with Crippen molar-refractivity contribution in [2.24, 2.45) is 0 Å². The summed E-state index contributed by atoms with van der Waals surface area (Å²) in [5.41, 5.74) is 0.777. The van der Waals surface area contributed by atoms with E-state index in [9.17, 15) is 0 Å². The minimum atomic E-state index is 0.637. The van der Waals surface area contributed by atoms with Gasteiger partial charge < -0.3 is 4.90 Å². The summed E-state index contributed by atoms with van der Waals surface area (Å²) >= 11 is 0. The Balaban J connectivity index is 2.08. The second-order valence-corrected chi connectivity index (χ2v) is 4.27. The molecule has 82 valence electrons. The highest BCUT2D eigenvalue weighted by Crippen LogP contribution is 2.29. The molecule has 0 saturated heterocycles.